The van der Waals surface area contributed by atoms with Crippen molar-refractivity contribution in [1.29, 1.82) is 0 Å². The second-order valence-electron chi connectivity index (χ2n) is 4.39. The first-order chi connectivity index (χ1) is 9.74. The molecule has 0 atom stereocenters. The molecule has 0 unspecified atom stereocenters. The van der Waals surface area contributed by atoms with Gasteiger partial charge < -0.3 is 11.1 Å². The van der Waals surface area contributed by atoms with Gasteiger partial charge in [-0.25, -0.2) is 4.39 Å². The van der Waals surface area contributed by atoms with Crippen LogP contribution in [0.1, 0.15) is 23.2 Å². The van der Waals surface area contributed by atoms with Gasteiger partial charge in [0.1, 0.15) is 5.82 Å². The van der Waals surface area contributed by atoms with Crippen LogP contribution in [0.5, 0.6) is 0 Å². The van der Waals surface area contributed by atoms with Gasteiger partial charge in [0.25, 0.3) is 5.91 Å². The number of hydrogen-bond donors (Lipinski definition) is 3. The molecule has 2 rings (SSSR count). The lowest BCUT2D eigenvalue weighted by Gasteiger charge is -2.06. The molecule has 0 bridgehead atoms. The number of carbonyl (C=O) groups is 1. The fourth-order valence-corrected chi connectivity index (χ4v) is 1.89. The number of H-pyrrole nitrogens is 1. The summed E-state index contributed by atoms with van der Waals surface area (Å²) in [5, 5.41) is 9.28. The topological polar surface area (TPSA) is 83.8 Å². The highest BCUT2D eigenvalue weighted by molar-refractivity contribution is 5.99. The van der Waals surface area contributed by atoms with E-state index in [-0.39, 0.29) is 18.3 Å². The maximum Gasteiger partial charge on any atom is 0.255 e. The predicted molar refractivity (Wildman–Crippen MR) is 81.9 cm³/mol. The molecule has 0 radical (unpaired) electrons. The SMILES string of the molecule is Cl.NCCCCNC(=O)c1cn[nH]c1-c1ccccc1F. The van der Waals surface area contributed by atoms with Crippen molar-refractivity contribution in [3.05, 3.63) is 41.8 Å². The van der Waals surface area contributed by atoms with E-state index in [0.717, 1.165) is 12.8 Å². The summed E-state index contributed by atoms with van der Waals surface area (Å²) in [6.07, 6.45) is 3.07. The zero-order valence-electron chi connectivity index (χ0n) is 11.4. The van der Waals surface area contributed by atoms with Crippen LogP contribution in [0.25, 0.3) is 11.3 Å². The molecule has 1 aromatic carbocycles. The maximum absolute atomic E-state index is 13.8. The first kappa shape index (κ1) is 17.1. The molecular weight excluding hydrogens is 295 g/mol. The van der Waals surface area contributed by atoms with Crippen molar-refractivity contribution in [3.8, 4) is 11.3 Å². The minimum Gasteiger partial charge on any atom is -0.352 e. The Labute approximate surface area is 128 Å². The van der Waals surface area contributed by atoms with E-state index < -0.39 is 5.82 Å². The van der Waals surface area contributed by atoms with Gasteiger partial charge in [-0.1, -0.05) is 12.1 Å². The van der Waals surface area contributed by atoms with Gasteiger partial charge in [-0.3, -0.25) is 9.89 Å². The van der Waals surface area contributed by atoms with E-state index in [1.165, 1.54) is 12.3 Å². The van der Waals surface area contributed by atoms with Gasteiger partial charge in [0, 0.05) is 12.1 Å². The molecule has 5 nitrogen and oxygen atoms in total. The van der Waals surface area contributed by atoms with Crippen LogP contribution < -0.4 is 11.1 Å². The van der Waals surface area contributed by atoms with Crippen molar-refractivity contribution < 1.29 is 9.18 Å². The van der Waals surface area contributed by atoms with Gasteiger partial charge in [0.15, 0.2) is 0 Å². The Balaban J connectivity index is 0.00000220. The number of nitrogens with one attached hydrogen (secondary N) is 2. The van der Waals surface area contributed by atoms with Crippen LogP contribution in [0.2, 0.25) is 0 Å². The minimum atomic E-state index is -0.395. The van der Waals surface area contributed by atoms with Crippen molar-refractivity contribution in [2.45, 2.75) is 12.8 Å². The third-order valence-corrected chi connectivity index (χ3v) is 2.94. The molecule has 1 heterocycles. The van der Waals surface area contributed by atoms with Gasteiger partial charge in [-0.2, -0.15) is 5.10 Å². The van der Waals surface area contributed by atoms with E-state index in [2.05, 4.69) is 15.5 Å². The summed E-state index contributed by atoms with van der Waals surface area (Å²) in [5.74, 6) is -0.664. The number of nitrogens with zero attached hydrogens (tertiary/aromatic N) is 1. The minimum absolute atomic E-state index is 0. The summed E-state index contributed by atoms with van der Waals surface area (Å²) in [5.41, 5.74) is 6.44. The summed E-state index contributed by atoms with van der Waals surface area (Å²) in [7, 11) is 0. The zero-order chi connectivity index (χ0) is 14.4. The summed E-state index contributed by atoms with van der Waals surface area (Å²) in [6.45, 7) is 1.14. The van der Waals surface area contributed by atoms with Crippen LogP contribution in [0.15, 0.2) is 30.5 Å². The molecule has 2 aromatic rings. The van der Waals surface area contributed by atoms with E-state index in [0.29, 0.717) is 29.9 Å². The Bertz CT molecular complexity index is 588. The molecular formula is C14H18ClFN4O. The average Bonchev–Trinajstić information content (AvgIpc) is 2.93. The molecule has 0 aliphatic heterocycles. The van der Waals surface area contributed by atoms with Gasteiger partial charge in [0.05, 0.1) is 17.5 Å². The van der Waals surface area contributed by atoms with E-state index in [1.807, 2.05) is 0 Å². The first-order valence-electron chi connectivity index (χ1n) is 6.50. The Kier molecular flexibility index (Phi) is 6.84. The Morgan fingerprint density at radius 1 is 1.33 bits per heavy atom. The molecule has 114 valence electrons. The molecule has 7 heteroatoms. The van der Waals surface area contributed by atoms with Crippen LogP contribution in [0.3, 0.4) is 0 Å². The molecule has 4 N–H and O–H groups in total. The molecule has 1 amide bonds. The number of nitrogens with two attached hydrogens (primary N) is 1. The molecule has 0 saturated heterocycles. The molecule has 1 aromatic heterocycles. The van der Waals surface area contributed by atoms with Gasteiger partial charge in [0.2, 0.25) is 0 Å². The fourth-order valence-electron chi connectivity index (χ4n) is 1.89. The Hall–Kier alpha value is -1.92. The van der Waals surface area contributed by atoms with Crippen molar-refractivity contribution in [2.75, 3.05) is 13.1 Å². The van der Waals surface area contributed by atoms with Crippen LogP contribution in [-0.2, 0) is 0 Å². The smallest absolute Gasteiger partial charge is 0.255 e. The normalized spacial score (nSPS) is 10.0. The zero-order valence-corrected chi connectivity index (χ0v) is 12.3. The van der Waals surface area contributed by atoms with Crippen molar-refractivity contribution >= 4 is 18.3 Å². The highest BCUT2D eigenvalue weighted by Crippen LogP contribution is 2.23. The number of aromatic nitrogens is 2. The number of aromatic amines is 1. The Morgan fingerprint density at radius 2 is 2.10 bits per heavy atom. The van der Waals surface area contributed by atoms with E-state index in [9.17, 15) is 9.18 Å². The van der Waals surface area contributed by atoms with Crippen LogP contribution in [0, 0.1) is 5.82 Å². The fraction of sp³-hybridized carbons (Fsp3) is 0.286. The summed E-state index contributed by atoms with van der Waals surface area (Å²) in [4.78, 5) is 12.0. The van der Waals surface area contributed by atoms with Gasteiger partial charge in [-0.15, -0.1) is 12.4 Å². The van der Waals surface area contributed by atoms with E-state index >= 15 is 0 Å². The number of rotatable bonds is 6. The van der Waals surface area contributed by atoms with Crippen molar-refractivity contribution in [1.82, 2.24) is 15.5 Å². The van der Waals surface area contributed by atoms with Crippen molar-refractivity contribution in [3.63, 3.8) is 0 Å². The standard InChI is InChI=1S/C14H17FN4O.ClH/c15-12-6-2-1-5-10(12)13-11(9-18-19-13)14(20)17-8-4-3-7-16;/h1-2,5-6,9H,3-4,7-8,16H2,(H,17,20)(H,18,19);1H. The third kappa shape index (κ3) is 4.27. The summed E-state index contributed by atoms with van der Waals surface area (Å²) >= 11 is 0. The maximum atomic E-state index is 13.8. The number of benzene rings is 1. The number of unbranched alkanes of at least 4 members (excludes halogenated alkanes) is 1. The summed E-state index contributed by atoms with van der Waals surface area (Å²) < 4.78 is 13.8. The number of amides is 1. The predicted octanol–water partition coefficient (Wildman–Crippen LogP) is 2.11. The molecule has 0 aliphatic carbocycles. The third-order valence-electron chi connectivity index (χ3n) is 2.94. The summed E-state index contributed by atoms with van der Waals surface area (Å²) in [6, 6.07) is 6.26. The van der Waals surface area contributed by atoms with E-state index in [1.54, 1.807) is 18.2 Å². The number of halogens is 2. The first-order valence-corrected chi connectivity index (χ1v) is 6.50. The monoisotopic (exact) mass is 312 g/mol. The lowest BCUT2D eigenvalue weighted by molar-refractivity contribution is 0.0954. The number of hydrogen-bond acceptors (Lipinski definition) is 3. The second-order valence-corrected chi connectivity index (χ2v) is 4.39. The van der Waals surface area contributed by atoms with Crippen LogP contribution in [0.4, 0.5) is 4.39 Å². The number of carbonyl (C=O) groups excluding carboxylic acids is 1. The molecule has 21 heavy (non-hydrogen) atoms. The molecule has 0 aliphatic rings. The molecule has 0 spiro atoms. The highest BCUT2D eigenvalue weighted by atomic mass is 35.5. The molecule has 0 saturated carbocycles. The highest BCUT2D eigenvalue weighted by Gasteiger charge is 2.16. The van der Waals surface area contributed by atoms with Crippen molar-refractivity contribution in [2.24, 2.45) is 5.73 Å². The average molecular weight is 313 g/mol. The molecule has 0 fully saturated rings. The Morgan fingerprint density at radius 3 is 2.81 bits per heavy atom. The van der Waals surface area contributed by atoms with Gasteiger partial charge in [-0.05, 0) is 31.5 Å². The lowest BCUT2D eigenvalue weighted by Crippen LogP contribution is -2.25. The van der Waals surface area contributed by atoms with Crippen LogP contribution >= 0.6 is 12.4 Å². The van der Waals surface area contributed by atoms with E-state index in [4.69, 9.17) is 5.73 Å². The largest absolute Gasteiger partial charge is 0.352 e. The van der Waals surface area contributed by atoms with Crippen LogP contribution in [-0.4, -0.2) is 29.2 Å². The quantitative estimate of drug-likeness (QED) is 0.714. The lowest BCUT2D eigenvalue weighted by atomic mass is 10.1. The van der Waals surface area contributed by atoms with Gasteiger partial charge >= 0.3 is 0 Å². The second kappa shape index (κ2) is 8.39.